The molecule has 0 saturated heterocycles. The van der Waals surface area contributed by atoms with Crippen LogP contribution in [0.4, 0.5) is 10.5 Å². The Bertz CT molecular complexity index is 1490. The summed E-state index contributed by atoms with van der Waals surface area (Å²) in [7, 11) is 0. The molecule has 11 nitrogen and oxygen atoms in total. The van der Waals surface area contributed by atoms with Gasteiger partial charge in [-0.05, 0) is 48.0 Å². The molecule has 4 aromatic rings. The van der Waals surface area contributed by atoms with Crippen LogP contribution in [0.5, 0.6) is 0 Å². The van der Waals surface area contributed by atoms with Crippen molar-refractivity contribution in [2.45, 2.75) is 6.54 Å². The van der Waals surface area contributed by atoms with Crippen molar-refractivity contribution in [3.8, 4) is 5.69 Å². The lowest BCUT2D eigenvalue weighted by atomic mass is 10.2. The summed E-state index contributed by atoms with van der Waals surface area (Å²) in [6.45, 7) is 0.186. The first-order chi connectivity index (χ1) is 16.2. The largest absolute Gasteiger partial charge is 0.478 e. The van der Waals surface area contributed by atoms with Crippen LogP contribution in [0, 0.1) is 0 Å². The highest BCUT2D eigenvalue weighted by Gasteiger charge is 2.14. The SMILES string of the molecule is O=C(NCc1ccn(-c2cc3nc(C(=O)O)c(=O)[nH]c3cc2Cl)c1)Nc1ccc(C(=O)O)cc1. The van der Waals surface area contributed by atoms with Gasteiger partial charge >= 0.3 is 18.0 Å². The van der Waals surface area contributed by atoms with E-state index >= 15 is 0 Å². The number of carboxylic acid groups (broad SMARTS) is 2. The van der Waals surface area contributed by atoms with Crippen LogP contribution in [0.15, 0.2) is 59.7 Å². The van der Waals surface area contributed by atoms with E-state index in [0.29, 0.717) is 21.9 Å². The fourth-order valence-electron chi connectivity index (χ4n) is 3.19. The molecule has 2 aromatic heterocycles. The molecule has 2 amide bonds. The monoisotopic (exact) mass is 481 g/mol. The molecule has 0 aliphatic heterocycles. The fraction of sp³-hybridized carbons (Fsp3) is 0.0455. The Morgan fingerprint density at radius 1 is 1.06 bits per heavy atom. The van der Waals surface area contributed by atoms with Gasteiger partial charge in [-0.1, -0.05) is 11.6 Å². The number of fused-ring (bicyclic) bond motifs is 1. The first-order valence-electron chi connectivity index (χ1n) is 9.73. The van der Waals surface area contributed by atoms with Crippen LogP contribution in [0.25, 0.3) is 16.7 Å². The van der Waals surface area contributed by atoms with Gasteiger partial charge in [-0.3, -0.25) is 4.79 Å². The van der Waals surface area contributed by atoms with E-state index < -0.39 is 29.2 Å². The summed E-state index contributed by atoms with van der Waals surface area (Å²) in [5.74, 6) is -2.50. The lowest BCUT2D eigenvalue weighted by molar-refractivity contribution is 0.0681. The molecule has 0 saturated carbocycles. The van der Waals surface area contributed by atoms with E-state index in [1.54, 1.807) is 29.1 Å². The predicted octanol–water partition coefficient (Wildman–Crippen LogP) is 3.09. The third-order valence-corrected chi connectivity index (χ3v) is 5.14. The Hall–Kier alpha value is -4.64. The molecule has 0 aliphatic rings. The van der Waals surface area contributed by atoms with Crippen molar-refractivity contribution in [1.29, 1.82) is 0 Å². The van der Waals surface area contributed by atoms with Gasteiger partial charge in [0.1, 0.15) is 0 Å². The fourth-order valence-corrected chi connectivity index (χ4v) is 3.45. The zero-order valence-corrected chi connectivity index (χ0v) is 18.0. The van der Waals surface area contributed by atoms with Gasteiger partial charge < -0.3 is 30.4 Å². The molecule has 0 atom stereocenters. The predicted molar refractivity (Wildman–Crippen MR) is 123 cm³/mol. The number of H-pyrrole nitrogens is 1. The second-order valence-electron chi connectivity index (χ2n) is 7.16. The molecule has 172 valence electrons. The van der Waals surface area contributed by atoms with Gasteiger partial charge in [-0.25, -0.2) is 19.4 Å². The molecular weight excluding hydrogens is 466 g/mol. The van der Waals surface area contributed by atoms with E-state index in [0.717, 1.165) is 5.56 Å². The number of aromatic nitrogens is 3. The van der Waals surface area contributed by atoms with Gasteiger partial charge in [0.05, 0.1) is 27.3 Å². The number of anilines is 1. The molecule has 0 unspecified atom stereocenters. The number of aromatic carboxylic acids is 2. The average molecular weight is 482 g/mol. The molecule has 2 heterocycles. The van der Waals surface area contributed by atoms with Crippen molar-refractivity contribution in [2.24, 2.45) is 0 Å². The minimum atomic E-state index is -1.44. The van der Waals surface area contributed by atoms with Crippen LogP contribution >= 0.6 is 11.6 Å². The van der Waals surface area contributed by atoms with E-state index in [4.69, 9.17) is 21.8 Å². The zero-order chi connectivity index (χ0) is 24.4. The van der Waals surface area contributed by atoms with Crippen LogP contribution in [0.3, 0.4) is 0 Å². The van der Waals surface area contributed by atoms with Gasteiger partial charge in [0.15, 0.2) is 0 Å². The summed E-state index contributed by atoms with van der Waals surface area (Å²) in [5.41, 5.74) is 0.891. The Morgan fingerprint density at radius 2 is 1.79 bits per heavy atom. The molecule has 5 N–H and O–H groups in total. The maximum Gasteiger partial charge on any atom is 0.360 e. The number of benzene rings is 2. The van der Waals surface area contributed by atoms with Crippen molar-refractivity contribution < 1.29 is 24.6 Å². The van der Waals surface area contributed by atoms with Gasteiger partial charge in [0.2, 0.25) is 5.69 Å². The minimum absolute atomic E-state index is 0.111. The molecule has 34 heavy (non-hydrogen) atoms. The second kappa shape index (κ2) is 9.08. The summed E-state index contributed by atoms with van der Waals surface area (Å²) in [5, 5.41) is 23.6. The van der Waals surface area contributed by atoms with E-state index in [-0.39, 0.29) is 17.6 Å². The molecule has 0 spiro atoms. The van der Waals surface area contributed by atoms with Crippen molar-refractivity contribution in [2.75, 3.05) is 5.32 Å². The number of carbonyl (C=O) groups excluding carboxylic acids is 1. The number of hydrogen-bond donors (Lipinski definition) is 5. The quantitative estimate of drug-likeness (QED) is 0.282. The number of carbonyl (C=O) groups is 3. The molecule has 12 heteroatoms. The molecule has 4 rings (SSSR count). The Kier molecular flexibility index (Phi) is 6.02. The topological polar surface area (TPSA) is 166 Å². The van der Waals surface area contributed by atoms with Crippen molar-refractivity contribution in [3.63, 3.8) is 0 Å². The number of urea groups is 1. The van der Waals surface area contributed by atoms with Crippen LogP contribution in [0.1, 0.15) is 26.4 Å². The smallest absolute Gasteiger partial charge is 0.360 e. The first-order valence-corrected chi connectivity index (χ1v) is 10.1. The average Bonchev–Trinajstić information content (AvgIpc) is 3.26. The lowest BCUT2D eigenvalue weighted by Crippen LogP contribution is -2.28. The third-order valence-electron chi connectivity index (χ3n) is 4.84. The minimum Gasteiger partial charge on any atom is -0.478 e. The Labute approximate surface area is 195 Å². The van der Waals surface area contributed by atoms with E-state index in [1.165, 1.54) is 30.3 Å². The summed E-state index contributed by atoms with van der Waals surface area (Å²) in [6.07, 6.45) is 3.43. The molecule has 0 fully saturated rings. The van der Waals surface area contributed by atoms with Crippen molar-refractivity contribution in [1.82, 2.24) is 19.9 Å². The molecular formula is C22H16ClN5O6. The number of nitrogens with zero attached hydrogens (tertiary/aromatic N) is 2. The maximum absolute atomic E-state index is 12.1. The highest BCUT2D eigenvalue weighted by atomic mass is 35.5. The summed E-state index contributed by atoms with van der Waals surface area (Å²) < 4.78 is 1.68. The molecule has 0 bridgehead atoms. The number of carboxylic acids is 2. The van der Waals surface area contributed by atoms with Gasteiger partial charge in [-0.2, -0.15) is 0 Å². The highest BCUT2D eigenvalue weighted by molar-refractivity contribution is 6.33. The number of rotatable bonds is 6. The number of hydrogen-bond acceptors (Lipinski definition) is 5. The van der Waals surface area contributed by atoms with Crippen LogP contribution in [0.2, 0.25) is 5.02 Å². The normalized spacial score (nSPS) is 10.7. The van der Waals surface area contributed by atoms with E-state index in [9.17, 15) is 19.2 Å². The van der Waals surface area contributed by atoms with E-state index in [2.05, 4.69) is 20.6 Å². The second-order valence-corrected chi connectivity index (χ2v) is 7.56. The molecule has 0 aliphatic carbocycles. The van der Waals surface area contributed by atoms with Crippen LogP contribution in [-0.4, -0.2) is 42.7 Å². The van der Waals surface area contributed by atoms with Gasteiger partial charge in [-0.15, -0.1) is 0 Å². The Morgan fingerprint density at radius 3 is 2.47 bits per heavy atom. The number of nitrogens with one attached hydrogen (secondary N) is 3. The Balaban J connectivity index is 1.47. The van der Waals surface area contributed by atoms with E-state index in [1.807, 2.05) is 0 Å². The number of halogens is 1. The van der Waals surface area contributed by atoms with Crippen LogP contribution in [-0.2, 0) is 6.54 Å². The third kappa shape index (κ3) is 4.74. The van der Waals surface area contributed by atoms with Crippen molar-refractivity contribution >= 4 is 46.3 Å². The number of amides is 2. The summed E-state index contributed by atoms with van der Waals surface area (Å²) >= 11 is 6.35. The first kappa shape index (κ1) is 22.6. The van der Waals surface area contributed by atoms with Crippen molar-refractivity contribution in [3.05, 3.63) is 87.1 Å². The molecule has 2 aromatic carbocycles. The highest BCUT2D eigenvalue weighted by Crippen LogP contribution is 2.25. The van der Waals surface area contributed by atoms with Crippen LogP contribution < -0.4 is 16.2 Å². The van der Waals surface area contributed by atoms with Gasteiger partial charge in [0.25, 0.3) is 5.56 Å². The molecule has 0 radical (unpaired) electrons. The lowest BCUT2D eigenvalue weighted by Gasteiger charge is -2.09. The van der Waals surface area contributed by atoms with Gasteiger partial charge in [0, 0.05) is 24.6 Å². The number of aromatic amines is 1. The zero-order valence-electron chi connectivity index (χ0n) is 17.2. The summed E-state index contributed by atoms with van der Waals surface area (Å²) in [6, 6.07) is 10.0. The summed E-state index contributed by atoms with van der Waals surface area (Å²) in [4.78, 5) is 52.4. The maximum atomic E-state index is 12.1. The standard InChI is InChI=1S/C22H16ClN5O6/c23-14-7-15-16(26-18(21(32)33)19(29)27-15)8-17(14)28-6-5-11(10-28)9-24-22(34)25-13-3-1-12(2-4-13)20(30)31/h1-8,10H,9H2,(H,27,29)(H,30,31)(H,32,33)(H2,24,25,34).